The summed E-state index contributed by atoms with van der Waals surface area (Å²) in [6.07, 6.45) is 4.43. The van der Waals surface area contributed by atoms with E-state index >= 15 is 0 Å². The lowest BCUT2D eigenvalue weighted by Gasteiger charge is -2.39. The number of sulfonamides is 1. The zero-order chi connectivity index (χ0) is 28.3. The van der Waals surface area contributed by atoms with Gasteiger partial charge in [0.05, 0.1) is 11.1 Å². The van der Waals surface area contributed by atoms with Crippen LogP contribution >= 0.6 is 0 Å². The highest BCUT2D eigenvalue weighted by molar-refractivity contribution is 7.89. The molecule has 4 aromatic rings. The minimum Gasteiger partial charge on any atom is -0.341 e. The number of amides is 1. The number of aromatic nitrogens is 1. The average molecular weight is 557 g/mol. The molecule has 1 saturated carbocycles. The van der Waals surface area contributed by atoms with Crippen molar-refractivity contribution >= 4 is 44.0 Å². The number of hydrazone groups is 1. The summed E-state index contributed by atoms with van der Waals surface area (Å²) in [5.74, 6) is -0.393. The molecule has 1 amide bonds. The van der Waals surface area contributed by atoms with Crippen molar-refractivity contribution in [1.82, 2.24) is 14.3 Å². The van der Waals surface area contributed by atoms with Crippen LogP contribution in [0.5, 0.6) is 0 Å². The molecular weight excluding hydrogens is 520 g/mol. The Bertz CT molecular complexity index is 1750. The zero-order valence-corrected chi connectivity index (χ0v) is 24.3. The largest absolute Gasteiger partial charge is 0.341 e. The molecular formula is C32H36N4O3S. The molecule has 8 heteroatoms. The Labute approximate surface area is 235 Å². The highest BCUT2D eigenvalue weighted by Crippen LogP contribution is 2.53. The third-order valence-corrected chi connectivity index (χ3v) is 10.5. The molecule has 2 unspecified atom stereocenters. The summed E-state index contributed by atoms with van der Waals surface area (Å²) in [6.45, 7) is 10.2. The van der Waals surface area contributed by atoms with Gasteiger partial charge in [-0.2, -0.15) is 9.41 Å². The van der Waals surface area contributed by atoms with Crippen LogP contribution in [0.1, 0.15) is 62.9 Å². The third kappa shape index (κ3) is 4.63. The number of benzene rings is 3. The average Bonchev–Trinajstić information content (AvgIpc) is 3.38. The standard InChI is InChI=1S/C32H36N4O3S/c1-5-35-28-9-7-6-8-26(28)27-16-22(10-15-29(27)35)19-33-34-30(37)23-11-13-25(14-12-23)40(38,39)36-21-32(4)18-24(36)17-31(2,3)20-32/h6-16,19,24H,5,17-18,20-21H2,1-4H3,(H,34,37)/b33-19+. The number of nitrogens with one attached hydrogen (secondary N) is 1. The van der Waals surface area contributed by atoms with Gasteiger partial charge in [0.25, 0.3) is 5.91 Å². The van der Waals surface area contributed by atoms with E-state index in [0.717, 1.165) is 42.3 Å². The van der Waals surface area contributed by atoms with Crippen LogP contribution in [0.2, 0.25) is 0 Å². The summed E-state index contributed by atoms with van der Waals surface area (Å²) in [7, 11) is -3.64. The highest BCUT2D eigenvalue weighted by atomic mass is 32.2. The molecule has 40 heavy (non-hydrogen) atoms. The molecule has 2 bridgehead atoms. The Morgan fingerprint density at radius 2 is 1.73 bits per heavy atom. The first-order valence-corrected chi connectivity index (χ1v) is 15.4. The quantitative estimate of drug-likeness (QED) is 0.228. The molecule has 1 aliphatic carbocycles. The Morgan fingerprint density at radius 3 is 2.48 bits per heavy atom. The topological polar surface area (TPSA) is 83.8 Å². The normalized spacial score (nSPS) is 22.9. The van der Waals surface area contributed by atoms with E-state index in [1.807, 2.05) is 18.2 Å². The monoisotopic (exact) mass is 556 g/mol. The van der Waals surface area contributed by atoms with E-state index < -0.39 is 15.9 Å². The van der Waals surface area contributed by atoms with Crippen molar-refractivity contribution in [3.05, 3.63) is 77.9 Å². The lowest BCUT2D eigenvalue weighted by Crippen LogP contribution is -2.37. The summed E-state index contributed by atoms with van der Waals surface area (Å²) < 4.78 is 31.0. The van der Waals surface area contributed by atoms with E-state index in [-0.39, 0.29) is 21.8 Å². The van der Waals surface area contributed by atoms with Gasteiger partial charge in [-0.15, -0.1) is 0 Å². The second-order valence-corrected chi connectivity index (χ2v) is 14.4. The lowest BCUT2D eigenvalue weighted by molar-refractivity contribution is 0.0955. The maximum absolute atomic E-state index is 13.5. The molecule has 1 N–H and O–H groups in total. The second-order valence-electron chi connectivity index (χ2n) is 12.5. The van der Waals surface area contributed by atoms with Gasteiger partial charge < -0.3 is 4.57 Å². The van der Waals surface area contributed by atoms with E-state index in [0.29, 0.717) is 12.1 Å². The van der Waals surface area contributed by atoms with E-state index in [9.17, 15) is 13.2 Å². The van der Waals surface area contributed by atoms with Gasteiger partial charge in [-0.05, 0) is 85.0 Å². The van der Waals surface area contributed by atoms with Gasteiger partial charge in [0, 0.05) is 46.5 Å². The van der Waals surface area contributed by atoms with Gasteiger partial charge in [-0.3, -0.25) is 4.79 Å². The van der Waals surface area contributed by atoms with Crippen LogP contribution in [0, 0.1) is 10.8 Å². The Morgan fingerprint density at radius 1 is 1.00 bits per heavy atom. The van der Waals surface area contributed by atoms with Crippen LogP contribution in [-0.2, 0) is 16.6 Å². The van der Waals surface area contributed by atoms with Crippen molar-refractivity contribution in [2.75, 3.05) is 6.54 Å². The molecule has 6 rings (SSSR count). The van der Waals surface area contributed by atoms with E-state index in [4.69, 9.17) is 0 Å². The third-order valence-electron chi connectivity index (χ3n) is 8.58. The summed E-state index contributed by atoms with van der Waals surface area (Å²) in [6, 6.07) is 20.7. The summed E-state index contributed by atoms with van der Waals surface area (Å²) in [4.78, 5) is 13.0. The van der Waals surface area contributed by atoms with E-state index in [2.05, 4.69) is 67.1 Å². The fourth-order valence-corrected chi connectivity index (χ4v) is 9.10. The van der Waals surface area contributed by atoms with Gasteiger partial charge in [0.15, 0.2) is 0 Å². The number of rotatable bonds is 6. The number of hydrogen-bond donors (Lipinski definition) is 1. The SMILES string of the molecule is CCn1c2ccccc2c2cc(/C=N/NC(=O)c3ccc(S(=O)(=O)N4CC5(C)CC4CC(C)(C)C5)cc3)ccc21. The molecule has 208 valence electrons. The maximum atomic E-state index is 13.5. The van der Waals surface area contributed by atoms with Crippen LogP contribution in [0.25, 0.3) is 21.8 Å². The summed E-state index contributed by atoms with van der Waals surface area (Å²) in [5, 5.41) is 6.49. The van der Waals surface area contributed by atoms with Gasteiger partial charge in [-0.25, -0.2) is 13.8 Å². The molecule has 1 saturated heterocycles. The predicted molar refractivity (Wildman–Crippen MR) is 160 cm³/mol. The van der Waals surface area contributed by atoms with Crippen LogP contribution in [-0.4, -0.2) is 42.0 Å². The number of aryl methyl sites for hydroxylation is 1. The molecule has 2 fully saturated rings. The number of nitrogens with zero attached hydrogens (tertiary/aromatic N) is 3. The minimum atomic E-state index is -3.64. The van der Waals surface area contributed by atoms with Gasteiger partial charge >= 0.3 is 0 Å². The Hall–Kier alpha value is -3.49. The van der Waals surface area contributed by atoms with Crippen molar-refractivity contribution in [3.63, 3.8) is 0 Å². The Kier molecular flexibility index (Phi) is 6.39. The van der Waals surface area contributed by atoms with E-state index in [1.54, 1.807) is 22.7 Å². The van der Waals surface area contributed by atoms with Crippen LogP contribution in [0.15, 0.2) is 76.7 Å². The number of fused-ring (bicyclic) bond motifs is 5. The Balaban J connectivity index is 1.16. The molecule has 0 spiro atoms. The second kappa shape index (κ2) is 9.56. The van der Waals surface area contributed by atoms with Crippen molar-refractivity contribution in [3.8, 4) is 0 Å². The van der Waals surface area contributed by atoms with E-state index in [1.165, 1.54) is 23.0 Å². The highest BCUT2D eigenvalue weighted by Gasteiger charge is 2.53. The van der Waals surface area contributed by atoms with Crippen molar-refractivity contribution in [2.45, 2.75) is 64.4 Å². The zero-order valence-electron chi connectivity index (χ0n) is 23.5. The number of para-hydroxylation sites is 1. The predicted octanol–water partition coefficient (Wildman–Crippen LogP) is 6.17. The molecule has 1 aliphatic heterocycles. The van der Waals surface area contributed by atoms with Gasteiger partial charge in [0.1, 0.15) is 0 Å². The number of hydrogen-bond acceptors (Lipinski definition) is 4. The van der Waals surface area contributed by atoms with Crippen LogP contribution in [0.3, 0.4) is 0 Å². The number of carbonyl (C=O) groups excluding carboxylic acids is 1. The molecule has 7 nitrogen and oxygen atoms in total. The molecule has 1 aromatic heterocycles. The molecule has 2 heterocycles. The first kappa shape index (κ1) is 26.7. The number of carbonyl (C=O) groups is 1. The van der Waals surface area contributed by atoms with Crippen LogP contribution < -0.4 is 5.43 Å². The lowest BCUT2D eigenvalue weighted by atomic mass is 9.65. The smallest absolute Gasteiger partial charge is 0.271 e. The molecule has 2 atom stereocenters. The first-order chi connectivity index (χ1) is 19.0. The summed E-state index contributed by atoms with van der Waals surface area (Å²) >= 11 is 0. The van der Waals surface area contributed by atoms with Crippen molar-refractivity contribution in [1.29, 1.82) is 0 Å². The maximum Gasteiger partial charge on any atom is 0.271 e. The van der Waals surface area contributed by atoms with Gasteiger partial charge in [0.2, 0.25) is 10.0 Å². The van der Waals surface area contributed by atoms with Crippen molar-refractivity contribution < 1.29 is 13.2 Å². The molecule has 0 radical (unpaired) electrons. The first-order valence-electron chi connectivity index (χ1n) is 14.0. The van der Waals surface area contributed by atoms with Crippen molar-refractivity contribution in [2.24, 2.45) is 15.9 Å². The van der Waals surface area contributed by atoms with Gasteiger partial charge in [-0.1, -0.05) is 45.0 Å². The molecule has 2 aliphatic rings. The molecule has 3 aromatic carbocycles. The minimum absolute atomic E-state index is 0.00885. The van der Waals surface area contributed by atoms with Crippen LogP contribution in [0.4, 0.5) is 0 Å². The fraction of sp³-hybridized carbons (Fsp3) is 0.375. The fourth-order valence-electron chi connectivity index (χ4n) is 7.33. The summed E-state index contributed by atoms with van der Waals surface area (Å²) in [5.41, 5.74) is 6.29.